The molecular formula is C15H17F3N3. The molecule has 3 nitrogen and oxygen atoms in total. The fraction of sp³-hybridized carbons (Fsp3) is 0.333. The molecule has 0 spiro atoms. The molecule has 1 heterocycles. The monoisotopic (exact) mass is 296 g/mol. The summed E-state index contributed by atoms with van der Waals surface area (Å²) in [6.45, 7) is 2.31. The number of nitrogens with two attached hydrogens (primary N) is 1. The Bertz CT molecular complexity index is 636. The van der Waals surface area contributed by atoms with Gasteiger partial charge in [-0.25, -0.2) is 0 Å². The molecule has 0 amide bonds. The van der Waals surface area contributed by atoms with E-state index in [1.807, 2.05) is 18.2 Å². The van der Waals surface area contributed by atoms with Crippen LogP contribution in [0.25, 0.3) is 10.8 Å². The lowest BCUT2D eigenvalue weighted by Crippen LogP contribution is -2.45. The van der Waals surface area contributed by atoms with E-state index in [4.69, 9.17) is 5.73 Å². The van der Waals surface area contributed by atoms with E-state index in [2.05, 4.69) is 10.3 Å². The zero-order valence-corrected chi connectivity index (χ0v) is 11.8. The van der Waals surface area contributed by atoms with Crippen LogP contribution in [-0.2, 0) is 0 Å². The number of nitrogens with zero attached hydrogens (tertiary/aromatic N) is 1. The maximum absolute atomic E-state index is 12.3. The number of aromatic nitrogens is 1. The van der Waals surface area contributed by atoms with Crippen LogP contribution in [0, 0.1) is 6.42 Å². The molecule has 0 unspecified atom stereocenters. The first-order valence-corrected chi connectivity index (χ1v) is 6.48. The van der Waals surface area contributed by atoms with Gasteiger partial charge in [-0.2, -0.15) is 13.2 Å². The maximum atomic E-state index is 12.3. The first kappa shape index (κ1) is 15.6. The number of nitrogens with one attached hydrogen (secondary N) is 1. The van der Waals surface area contributed by atoms with Gasteiger partial charge in [0.05, 0.1) is 12.2 Å². The highest BCUT2D eigenvalue weighted by Gasteiger charge is 2.31. The summed E-state index contributed by atoms with van der Waals surface area (Å²) in [5.74, 6) is 0. The molecule has 0 saturated carbocycles. The molecule has 21 heavy (non-hydrogen) atoms. The van der Waals surface area contributed by atoms with Crippen molar-refractivity contribution in [1.82, 2.24) is 10.3 Å². The molecule has 0 fully saturated rings. The van der Waals surface area contributed by atoms with Gasteiger partial charge in [0.25, 0.3) is 0 Å². The van der Waals surface area contributed by atoms with Crippen LogP contribution in [0.5, 0.6) is 0 Å². The van der Waals surface area contributed by atoms with Crippen LogP contribution in [0.4, 0.5) is 18.9 Å². The number of fused-ring (bicyclic) bond motifs is 1. The van der Waals surface area contributed by atoms with Crippen molar-refractivity contribution in [2.75, 3.05) is 12.3 Å². The van der Waals surface area contributed by atoms with Crippen LogP contribution in [0.15, 0.2) is 30.5 Å². The van der Waals surface area contributed by atoms with Crippen LogP contribution < -0.4 is 11.1 Å². The second kappa shape index (κ2) is 5.52. The molecule has 0 bridgehead atoms. The highest BCUT2D eigenvalue weighted by molar-refractivity contribution is 5.88. The molecule has 1 aromatic carbocycles. The zero-order chi connectivity index (χ0) is 15.7. The molecule has 0 saturated heterocycles. The largest absolute Gasteiger partial charge is 0.401 e. The SMILES string of the molecule is CC(C)([CH]c1nccc2cc(N)ccc12)NCC(F)(F)F. The minimum absolute atomic E-state index is 0.632. The first-order chi connectivity index (χ1) is 9.66. The van der Waals surface area contributed by atoms with Crippen molar-refractivity contribution >= 4 is 16.5 Å². The van der Waals surface area contributed by atoms with Crippen molar-refractivity contribution in [2.24, 2.45) is 0 Å². The third-order valence-corrected chi connectivity index (χ3v) is 3.06. The van der Waals surface area contributed by atoms with Gasteiger partial charge in [0.1, 0.15) is 0 Å². The number of halogens is 3. The van der Waals surface area contributed by atoms with E-state index in [0.717, 1.165) is 10.8 Å². The van der Waals surface area contributed by atoms with Crippen molar-refractivity contribution in [3.8, 4) is 0 Å². The Morgan fingerprint density at radius 2 is 1.95 bits per heavy atom. The van der Waals surface area contributed by atoms with Crippen LogP contribution in [0.2, 0.25) is 0 Å². The van der Waals surface area contributed by atoms with Gasteiger partial charge >= 0.3 is 6.18 Å². The van der Waals surface area contributed by atoms with Gasteiger partial charge in [0, 0.05) is 29.2 Å². The van der Waals surface area contributed by atoms with Gasteiger partial charge < -0.3 is 11.1 Å². The average Bonchev–Trinajstić information content (AvgIpc) is 2.35. The number of hydrogen-bond acceptors (Lipinski definition) is 3. The summed E-state index contributed by atoms with van der Waals surface area (Å²) in [7, 11) is 0. The normalized spacial score (nSPS) is 12.8. The molecule has 0 aliphatic heterocycles. The molecule has 1 radical (unpaired) electrons. The Balaban J connectivity index is 2.22. The number of alkyl halides is 3. The molecule has 0 aliphatic rings. The van der Waals surface area contributed by atoms with E-state index < -0.39 is 18.3 Å². The topological polar surface area (TPSA) is 50.9 Å². The average molecular weight is 296 g/mol. The molecule has 0 aliphatic carbocycles. The molecule has 113 valence electrons. The number of hydrogen-bond donors (Lipinski definition) is 2. The van der Waals surface area contributed by atoms with E-state index in [0.29, 0.717) is 11.4 Å². The van der Waals surface area contributed by atoms with Gasteiger partial charge in [0.2, 0.25) is 0 Å². The molecule has 6 heteroatoms. The summed E-state index contributed by atoms with van der Waals surface area (Å²) in [4.78, 5) is 4.25. The molecule has 2 aromatic rings. The van der Waals surface area contributed by atoms with Crippen LogP contribution in [-0.4, -0.2) is 23.2 Å². The first-order valence-electron chi connectivity index (χ1n) is 6.48. The lowest BCUT2D eigenvalue weighted by Gasteiger charge is -2.27. The third kappa shape index (κ3) is 4.32. The Morgan fingerprint density at radius 1 is 1.24 bits per heavy atom. The Kier molecular flexibility index (Phi) is 4.09. The van der Waals surface area contributed by atoms with Gasteiger partial charge in [-0.15, -0.1) is 0 Å². The van der Waals surface area contributed by atoms with E-state index in [-0.39, 0.29) is 0 Å². The summed E-state index contributed by atoms with van der Waals surface area (Å²) >= 11 is 0. The standard InChI is InChI=1S/C15H17F3N3/c1-14(2,21-9-15(16,17)18)8-13-12-4-3-11(19)7-10(12)5-6-20-13/h3-8,21H,9,19H2,1-2H3. The van der Waals surface area contributed by atoms with Crippen molar-refractivity contribution in [3.63, 3.8) is 0 Å². The maximum Gasteiger partial charge on any atom is 0.401 e. The summed E-state index contributed by atoms with van der Waals surface area (Å²) in [5, 5.41) is 4.24. The number of benzene rings is 1. The Hall–Kier alpha value is -1.82. The molecule has 1 aromatic heterocycles. The van der Waals surface area contributed by atoms with Gasteiger partial charge in [-0.05, 0) is 37.4 Å². The third-order valence-electron chi connectivity index (χ3n) is 3.06. The fourth-order valence-electron chi connectivity index (χ4n) is 2.06. The van der Waals surface area contributed by atoms with Crippen molar-refractivity contribution in [2.45, 2.75) is 25.6 Å². The van der Waals surface area contributed by atoms with Crippen LogP contribution in [0.3, 0.4) is 0 Å². The second-order valence-electron chi connectivity index (χ2n) is 5.51. The number of nitrogen functional groups attached to an aromatic ring is 1. The second-order valence-corrected chi connectivity index (χ2v) is 5.51. The quantitative estimate of drug-likeness (QED) is 0.851. The van der Waals surface area contributed by atoms with E-state index in [1.165, 1.54) is 0 Å². The van der Waals surface area contributed by atoms with E-state index in [9.17, 15) is 13.2 Å². The predicted octanol–water partition coefficient (Wildman–Crippen LogP) is 3.30. The minimum Gasteiger partial charge on any atom is -0.399 e. The molecule has 2 rings (SSSR count). The smallest absolute Gasteiger partial charge is 0.399 e. The summed E-state index contributed by atoms with van der Waals surface area (Å²) in [6.07, 6.45) is -0.934. The highest BCUT2D eigenvalue weighted by atomic mass is 19.4. The lowest BCUT2D eigenvalue weighted by molar-refractivity contribution is -0.127. The van der Waals surface area contributed by atoms with Crippen molar-refractivity contribution < 1.29 is 13.2 Å². The Morgan fingerprint density at radius 3 is 2.62 bits per heavy atom. The molecule has 0 atom stereocenters. The van der Waals surface area contributed by atoms with E-state index in [1.54, 1.807) is 32.5 Å². The van der Waals surface area contributed by atoms with Crippen LogP contribution >= 0.6 is 0 Å². The summed E-state index contributed by atoms with van der Waals surface area (Å²) in [5.41, 5.74) is 6.16. The fourth-order valence-corrected chi connectivity index (χ4v) is 2.06. The number of anilines is 1. The minimum atomic E-state index is -4.24. The predicted molar refractivity (Wildman–Crippen MR) is 77.7 cm³/mol. The zero-order valence-electron chi connectivity index (χ0n) is 11.8. The number of rotatable bonds is 4. The summed E-state index contributed by atoms with van der Waals surface area (Å²) in [6, 6.07) is 7.20. The number of pyridine rings is 1. The van der Waals surface area contributed by atoms with Gasteiger partial charge in [0.15, 0.2) is 0 Å². The van der Waals surface area contributed by atoms with Gasteiger partial charge in [-0.3, -0.25) is 4.98 Å². The molecule has 3 N–H and O–H groups in total. The summed E-state index contributed by atoms with van der Waals surface area (Å²) < 4.78 is 36.9. The van der Waals surface area contributed by atoms with Gasteiger partial charge in [-0.1, -0.05) is 6.07 Å². The molecular weight excluding hydrogens is 279 g/mol. The highest BCUT2D eigenvalue weighted by Crippen LogP contribution is 2.25. The van der Waals surface area contributed by atoms with E-state index >= 15 is 0 Å². The van der Waals surface area contributed by atoms with Crippen molar-refractivity contribution in [1.29, 1.82) is 0 Å². The van der Waals surface area contributed by atoms with Crippen molar-refractivity contribution in [3.05, 3.63) is 42.6 Å². The van der Waals surface area contributed by atoms with Crippen LogP contribution in [0.1, 0.15) is 19.5 Å². The Labute approximate surface area is 121 Å². The lowest BCUT2D eigenvalue weighted by atomic mass is 9.95.